The Morgan fingerprint density at radius 1 is 1.12 bits per heavy atom. The minimum atomic E-state index is -0.109. The fraction of sp³-hybridized carbons (Fsp3) is 0.381. The molecule has 0 bridgehead atoms. The van der Waals surface area contributed by atoms with Crippen molar-refractivity contribution in [2.75, 3.05) is 6.61 Å². The van der Waals surface area contributed by atoms with Crippen molar-refractivity contribution < 1.29 is 9.53 Å². The monoisotopic (exact) mass is 374 g/mol. The highest BCUT2D eigenvalue weighted by Crippen LogP contribution is 2.30. The predicted molar refractivity (Wildman–Crippen MR) is 107 cm³/mol. The SMILES string of the molecule is CC(C)(C)c1ccccc1OCC(=O)NCc1ccc2c(c1)CNC2.Cl. The third-order valence-electron chi connectivity index (χ3n) is 4.45. The number of benzene rings is 2. The number of nitrogens with one attached hydrogen (secondary N) is 2. The Labute approximate surface area is 161 Å². The zero-order chi connectivity index (χ0) is 17.9. The third kappa shape index (κ3) is 4.99. The molecule has 1 aliphatic heterocycles. The average Bonchev–Trinajstić information content (AvgIpc) is 3.05. The van der Waals surface area contributed by atoms with Gasteiger partial charge >= 0.3 is 0 Å². The number of halogens is 1. The summed E-state index contributed by atoms with van der Waals surface area (Å²) in [4.78, 5) is 12.1. The fourth-order valence-electron chi connectivity index (χ4n) is 3.07. The Balaban J connectivity index is 0.00000243. The van der Waals surface area contributed by atoms with Gasteiger partial charge in [-0.15, -0.1) is 12.4 Å². The van der Waals surface area contributed by atoms with Crippen molar-refractivity contribution in [2.45, 2.75) is 45.8 Å². The minimum absolute atomic E-state index is 0. The Bertz CT molecular complexity index is 769. The van der Waals surface area contributed by atoms with Crippen LogP contribution >= 0.6 is 12.4 Å². The molecule has 2 aromatic rings. The van der Waals surface area contributed by atoms with Gasteiger partial charge in [0.15, 0.2) is 6.61 Å². The third-order valence-corrected chi connectivity index (χ3v) is 4.45. The summed E-state index contributed by atoms with van der Waals surface area (Å²) in [5, 5.41) is 6.26. The molecule has 0 unspecified atom stereocenters. The molecule has 26 heavy (non-hydrogen) atoms. The molecule has 5 heteroatoms. The summed E-state index contributed by atoms with van der Waals surface area (Å²) in [5.74, 6) is 0.663. The second kappa shape index (κ2) is 8.56. The van der Waals surface area contributed by atoms with Crippen LogP contribution in [0, 0.1) is 0 Å². The van der Waals surface area contributed by atoms with Gasteiger partial charge in [0.05, 0.1) is 0 Å². The number of ether oxygens (including phenoxy) is 1. The van der Waals surface area contributed by atoms with Gasteiger partial charge in [0.1, 0.15) is 5.75 Å². The molecule has 2 N–H and O–H groups in total. The van der Waals surface area contributed by atoms with Gasteiger partial charge in [0, 0.05) is 19.6 Å². The number of hydrogen-bond acceptors (Lipinski definition) is 3. The van der Waals surface area contributed by atoms with Crippen LogP contribution in [-0.4, -0.2) is 12.5 Å². The maximum atomic E-state index is 12.1. The second-order valence-corrected chi connectivity index (χ2v) is 7.52. The smallest absolute Gasteiger partial charge is 0.258 e. The normalized spacial score (nSPS) is 12.9. The quantitative estimate of drug-likeness (QED) is 0.838. The van der Waals surface area contributed by atoms with Gasteiger partial charge in [-0.3, -0.25) is 4.79 Å². The zero-order valence-electron chi connectivity index (χ0n) is 15.6. The Kier molecular flexibility index (Phi) is 6.68. The van der Waals surface area contributed by atoms with Gasteiger partial charge < -0.3 is 15.4 Å². The number of fused-ring (bicyclic) bond motifs is 1. The first kappa shape index (κ1) is 20.3. The number of para-hydroxylation sites is 1. The number of hydrogen-bond donors (Lipinski definition) is 2. The number of carbonyl (C=O) groups is 1. The molecular formula is C21H27ClN2O2. The molecule has 1 heterocycles. The van der Waals surface area contributed by atoms with Crippen molar-refractivity contribution in [1.82, 2.24) is 10.6 Å². The Morgan fingerprint density at radius 2 is 1.85 bits per heavy atom. The van der Waals surface area contributed by atoms with E-state index in [2.05, 4.69) is 49.6 Å². The summed E-state index contributed by atoms with van der Waals surface area (Å²) in [7, 11) is 0. The van der Waals surface area contributed by atoms with Crippen molar-refractivity contribution in [3.05, 3.63) is 64.7 Å². The standard InChI is InChI=1S/C21H26N2O2.ClH/c1-21(2,3)18-6-4-5-7-19(18)25-14-20(24)23-11-15-8-9-16-12-22-13-17(16)10-15;/h4-10,22H,11-14H2,1-3H3,(H,23,24);1H. The van der Waals surface area contributed by atoms with Crippen molar-refractivity contribution in [3.63, 3.8) is 0 Å². The molecule has 0 aliphatic carbocycles. The van der Waals surface area contributed by atoms with E-state index in [-0.39, 0.29) is 30.3 Å². The molecule has 1 aliphatic rings. The molecule has 0 fully saturated rings. The van der Waals surface area contributed by atoms with Crippen molar-refractivity contribution >= 4 is 18.3 Å². The molecule has 0 radical (unpaired) electrons. The minimum Gasteiger partial charge on any atom is -0.483 e. The lowest BCUT2D eigenvalue weighted by atomic mass is 9.86. The van der Waals surface area contributed by atoms with Crippen LogP contribution in [0.25, 0.3) is 0 Å². The molecule has 1 amide bonds. The molecule has 0 spiro atoms. The molecular weight excluding hydrogens is 348 g/mol. The van der Waals surface area contributed by atoms with E-state index in [0.29, 0.717) is 6.54 Å². The van der Waals surface area contributed by atoms with Crippen LogP contribution in [0.5, 0.6) is 5.75 Å². The van der Waals surface area contributed by atoms with E-state index in [4.69, 9.17) is 4.74 Å². The summed E-state index contributed by atoms with van der Waals surface area (Å²) in [6, 6.07) is 14.3. The number of carbonyl (C=O) groups excluding carboxylic acids is 1. The maximum Gasteiger partial charge on any atom is 0.258 e. The lowest BCUT2D eigenvalue weighted by Gasteiger charge is -2.22. The predicted octanol–water partition coefficient (Wildman–Crippen LogP) is 3.70. The van der Waals surface area contributed by atoms with Crippen LogP contribution in [0.1, 0.15) is 43.0 Å². The zero-order valence-corrected chi connectivity index (χ0v) is 16.4. The van der Waals surface area contributed by atoms with Gasteiger partial charge in [0.2, 0.25) is 0 Å². The summed E-state index contributed by atoms with van der Waals surface area (Å²) in [6.45, 7) is 8.80. The fourth-order valence-corrected chi connectivity index (χ4v) is 3.07. The van der Waals surface area contributed by atoms with Gasteiger partial charge in [0.25, 0.3) is 5.91 Å². The van der Waals surface area contributed by atoms with Crippen LogP contribution in [-0.2, 0) is 29.8 Å². The van der Waals surface area contributed by atoms with E-state index in [9.17, 15) is 4.79 Å². The highest BCUT2D eigenvalue weighted by atomic mass is 35.5. The Morgan fingerprint density at radius 3 is 2.62 bits per heavy atom. The maximum absolute atomic E-state index is 12.1. The van der Waals surface area contributed by atoms with Gasteiger partial charge in [-0.25, -0.2) is 0 Å². The first-order chi connectivity index (χ1) is 11.9. The van der Waals surface area contributed by atoms with Crippen molar-refractivity contribution in [3.8, 4) is 5.75 Å². The topological polar surface area (TPSA) is 50.4 Å². The van der Waals surface area contributed by atoms with E-state index in [1.54, 1.807) is 0 Å². The summed E-state index contributed by atoms with van der Waals surface area (Å²) in [5.41, 5.74) is 4.87. The number of rotatable bonds is 5. The Hall–Kier alpha value is -2.04. The highest BCUT2D eigenvalue weighted by Gasteiger charge is 2.19. The first-order valence-corrected chi connectivity index (χ1v) is 8.74. The highest BCUT2D eigenvalue weighted by molar-refractivity contribution is 5.85. The van der Waals surface area contributed by atoms with Crippen LogP contribution in [0.4, 0.5) is 0 Å². The van der Waals surface area contributed by atoms with Crippen LogP contribution in [0.3, 0.4) is 0 Å². The number of amides is 1. The lowest BCUT2D eigenvalue weighted by Crippen LogP contribution is -2.29. The van der Waals surface area contributed by atoms with E-state index in [0.717, 1.165) is 30.0 Å². The average molecular weight is 375 g/mol. The van der Waals surface area contributed by atoms with Crippen LogP contribution in [0.2, 0.25) is 0 Å². The summed E-state index contributed by atoms with van der Waals surface area (Å²) < 4.78 is 5.77. The molecule has 3 rings (SSSR count). The van der Waals surface area contributed by atoms with Crippen molar-refractivity contribution in [2.24, 2.45) is 0 Å². The van der Waals surface area contributed by atoms with Crippen LogP contribution in [0.15, 0.2) is 42.5 Å². The van der Waals surface area contributed by atoms with E-state index in [1.807, 2.05) is 24.3 Å². The molecule has 0 saturated carbocycles. The lowest BCUT2D eigenvalue weighted by molar-refractivity contribution is -0.123. The molecule has 4 nitrogen and oxygen atoms in total. The van der Waals surface area contributed by atoms with E-state index >= 15 is 0 Å². The molecule has 0 atom stereocenters. The summed E-state index contributed by atoms with van der Waals surface area (Å²) in [6.07, 6.45) is 0. The molecule has 0 saturated heterocycles. The first-order valence-electron chi connectivity index (χ1n) is 8.74. The van der Waals surface area contributed by atoms with E-state index in [1.165, 1.54) is 11.1 Å². The largest absolute Gasteiger partial charge is 0.483 e. The van der Waals surface area contributed by atoms with Crippen molar-refractivity contribution in [1.29, 1.82) is 0 Å². The summed E-state index contributed by atoms with van der Waals surface area (Å²) >= 11 is 0. The molecule has 140 valence electrons. The molecule has 0 aromatic heterocycles. The van der Waals surface area contributed by atoms with Gasteiger partial charge in [-0.05, 0) is 33.7 Å². The second-order valence-electron chi connectivity index (χ2n) is 7.52. The van der Waals surface area contributed by atoms with E-state index < -0.39 is 0 Å². The van der Waals surface area contributed by atoms with Gasteiger partial charge in [-0.1, -0.05) is 57.2 Å². The van der Waals surface area contributed by atoms with Gasteiger partial charge in [-0.2, -0.15) is 0 Å². The van der Waals surface area contributed by atoms with Crippen LogP contribution < -0.4 is 15.4 Å². The molecule has 2 aromatic carbocycles.